The fourth-order valence-electron chi connectivity index (χ4n) is 2.05. The van der Waals surface area contributed by atoms with Crippen LogP contribution in [0.3, 0.4) is 0 Å². The number of hydrogen-bond acceptors (Lipinski definition) is 4. The van der Waals surface area contributed by atoms with E-state index in [1.165, 1.54) is 7.11 Å². The molecule has 1 N–H and O–H groups in total. The van der Waals surface area contributed by atoms with Crippen LogP contribution in [0.4, 0.5) is 0 Å². The lowest BCUT2D eigenvalue weighted by molar-refractivity contribution is -0.196. The highest BCUT2D eigenvalue weighted by molar-refractivity contribution is 5.81. The first-order valence-electron chi connectivity index (χ1n) is 4.40. The normalized spacial score (nSPS) is 35.4. The average molecular weight is 183 g/mol. The number of Topliss-reactive ketones (excluding diaryl/α,β-unsaturated/α-hetero) is 1. The number of ether oxygens (including phenoxy) is 1. The highest BCUT2D eigenvalue weighted by Crippen LogP contribution is 2.29. The van der Waals surface area contributed by atoms with Gasteiger partial charge >= 0.3 is 0 Å². The molecule has 2 heterocycles. The summed E-state index contributed by atoms with van der Waals surface area (Å²) in [5.74, 6) is 0.263. The fourth-order valence-corrected chi connectivity index (χ4v) is 2.05. The summed E-state index contributed by atoms with van der Waals surface area (Å²) in [7, 11) is 1.46. The van der Waals surface area contributed by atoms with Crippen molar-refractivity contribution < 1.29 is 14.6 Å². The maximum absolute atomic E-state index is 11.2. The smallest absolute Gasteiger partial charge is 0.216 e. The molecule has 0 aromatic carbocycles. The third kappa shape index (κ3) is 1.41. The van der Waals surface area contributed by atoms with E-state index in [4.69, 9.17) is 4.74 Å². The van der Waals surface area contributed by atoms with Crippen molar-refractivity contribution in [3.8, 4) is 0 Å². The molecule has 3 unspecified atom stereocenters. The second kappa shape index (κ2) is 3.21. The molecule has 72 valence electrons. The lowest BCUT2D eigenvalue weighted by Crippen LogP contribution is -2.50. The summed E-state index contributed by atoms with van der Waals surface area (Å²) in [6.45, 7) is 0. The average Bonchev–Trinajstić information content (AvgIpc) is 2.37. The molecule has 1 saturated heterocycles. The van der Waals surface area contributed by atoms with Crippen LogP contribution in [-0.2, 0) is 9.53 Å². The number of fused-ring (bicyclic) bond motifs is 2. The van der Waals surface area contributed by atoms with Crippen LogP contribution in [0.1, 0.15) is 12.8 Å². The second-order valence-corrected chi connectivity index (χ2v) is 3.48. The first-order chi connectivity index (χ1) is 6.22. The predicted octanol–water partition coefficient (Wildman–Crippen LogP) is -0.119. The molecule has 0 aromatic heterocycles. The van der Waals surface area contributed by atoms with Gasteiger partial charge in [0.1, 0.15) is 5.78 Å². The van der Waals surface area contributed by atoms with E-state index in [2.05, 4.69) is 0 Å². The summed E-state index contributed by atoms with van der Waals surface area (Å²) in [5, 5.41) is 9.50. The van der Waals surface area contributed by atoms with Crippen molar-refractivity contribution in [2.75, 3.05) is 7.11 Å². The zero-order chi connectivity index (χ0) is 9.42. The first-order valence-corrected chi connectivity index (χ1v) is 4.40. The number of nitrogens with zero attached hydrogens (tertiary/aromatic N) is 1. The van der Waals surface area contributed by atoms with Gasteiger partial charge in [-0.15, -0.1) is 0 Å². The van der Waals surface area contributed by atoms with Crippen molar-refractivity contribution in [1.82, 2.24) is 4.90 Å². The van der Waals surface area contributed by atoms with Crippen LogP contribution in [0.2, 0.25) is 0 Å². The van der Waals surface area contributed by atoms with Crippen molar-refractivity contribution in [1.29, 1.82) is 0 Å². The van der Waals surface area contributed by atoms with Gasteiger partial charge in [-0.25, -0.2) is 4.90 Å². The number of carbonyl (C=O) groups is 1. The Labute approximate surface area is 76.8 Å². The molecule has 2 rings (SSSR count). The number of hydrogen-bond donors (Lipinski definition) is 1. The van der Waals surface area contributed by atoms with Crippen LogP contribution < -0.4 is 0 Å². The molecule has 0 amide bonds. The molecule has 2 aliphatic rings. The SMILES string of the molecule is COC(O)N1C2C=CC1CC(=O)C2. The quantitative estimate of drug-likeness (QED) is 0.479. The van der Waals surface area contributed by atoms with Gasteiger partial charge in [0.2, 0.25) is 6.41 Å². The van der Waals surface area contributed by atoms with E-state index < -0.39 is 6.41 Å². The van der Waals surface area contributed by atoms with Gasteiger partial charge in [-0.2, -0.15) is 0 Å². The number of piperidine rings is 1. The number of ketones is 1. The minimum atomic E-state index is -0.891. The molecule has 0 spiro atoms. The molecule has 4 nitrogen and oxygen atoms in total. The van der Waals surface area contributed by atoms with Gasteiger partial charge in [-0.05, 0) is 0 Å². The minimum absolute atomic E-state index is 0.0289. The monoisotopic (exact) mass is 183 g/mol. The number of aliphatic hydroxyl groups excluding tert-OH is 1. The predicted molar refractivity (Wildman–Crippen MR) is 45.8 cm³/mol. The number of carbonyl (C=O) groups excluding carboxylic acids is 1. The van der Waals surface area contributed by atoms with Crippen LogP contribution in [0, 0.1) is 0 Å². The molecule has 2 bridgehead atoms. The molecule has 0 radical (unpaired) electrons. The zero-order valence-corrected chi connectivity index (χ0v) is 7.51. The molecule has 3 atom stereocenters. The first kappa shape index (κ1) is 8.87. The van der Waals surface area contributed by atoms with Crippen LogP contribution in [0.25, 0.3) is 0 Å². The van der Waals surface area contributed by atoms with Gasteiger partial charge in [-0.3, -0.25) is 4.79 Å². The van der Waals surface area contributed by atoms with E-state index in [1.807, 2.05) is 17.1 Å². The van der Waals surface area contributed by atoms with Gasteiger partial charge in [0.25, 0.3) is 0 Å². The summed E-state index contributed by atoms with van der Waals surface area (Å²) in [6, 6.07) is 0.0578. The van der Waals surface area contributed by atoms with E-state index in [-0.39, 0.29) is 17.9 Å². The molecule has 4 heteroatoms. The van der Waals surface area contributed by atoms with Crippen molar-refractivity contribution in [3.05, 3.63) is 12.2 Å². The molecular weight excluding hydrogens is 170 g/mol. The molecule has 0 aromatic rings. The Morgan fingerprint density at radius 3 is 2.54 bits per heavy atom. The van der Waals surface area contributed by atoms with Gasteiger partial charge in [0, 0.05) is 32.0 Å². The summed E-state index contributed by atoms with van der Waals surface area (Å²) >= 11 is 0. The Kier molecular flexibility index (Phi) is 2.19. The standard InChI is InChI=1S/C9H13NO3/c1-13-9(12)10-6-2-3-7(10)5-8(11)4-6/h2-3,6-7,9,12H,4-5H2,1H3. The van der Waals surface area contributed by atoms with Crippen LogP contribution in [-0.4, -0.2) is 41.4 Å². The molecule has 0 saturated carbocycles. The number of methoxy groups -OCH3 is 1. The number of rotatable bonds is 2. The molecule has 2 aliphatic heterocycles. The van der Waals surface area contributed by atoms with Gasteiger partial charge in [0.05, 0.1) is 0 Å². The lowest BCUT2D eigenvalue weighted by Gasteiger charge is -2.36. The molecular formula is C9H13NO3. The zero-order valence-electron chi connectivity index (χ0n) is 7.51. The Morgan fingerprint density at radius 2 is 2.08 bits per heavy atom. The van der Waals surface area contributed by atoms with E-state index in [0.29, 0.717) is 12.8 Å². The minimum Gasteiger partial charge on any atom is -0.356 e. The van der Waals surface area contributed by atoms with E-state index >= 15 is 0 Å². The third-order valence-electron chi connectivity index (χ3n) is 2.66. The van der Waals surface area contributed by atoms with Crippen molar-refractivity contribution in [2.24, 2.45) is 0 Å². The fraction of sp³-hybridized carbons (Fsp3) is 0.667. The maximum Gasteiger partial charge on any atom is 0.216 e. The second-order valence-electron chi connectivity index (χ2n) is 3.48. The molecule has 13 heavy (non-hydrogen) atoms. The van der Waals surface area contributed by atoms with Crippen LogP contribution in [0.15, 0.2) is 12.2 Å². The largest absolute Gasteiger partial charge is 0.356 e. The van der Waals surface area contributed by atoms with Gasteiger partial charge in [-0.1, -0.05) is 12.2 Å². The Bertz CT molecular complexity index is 233. The van der Waals surface area contributed by atoms with Crippen molar-refractivity contribution in [3.63, 3.8) is 0 Å². The highest BCUT2D eigenvalue weighted by Gasteiger charge is 2.39. The topological polar surface area (TPSA) is 49.8 Å². The summed E-state index contributed by atoms with van der Waals surface area (Å²) in [5.41, 5.74) is 0. The van der Waals surface area contributed by atoms with E-state index in [0.717, 1.165) is 0 Å². The Hall–Kier alpha value is -0.710. The van der Waals surface area contributed by atoms with E-state index in [1.54, 1.807) is 0 Å². The Balaban J connectivity index is 2.13. The molecule has 0 aliphatic carbocycles. The van der Waals surface area contributed by atoms with E-state index in [9.17, 15) is 9.90 Å². The Morgan fingerprint density at radius 1 is 1.54 bits per heavy atom. The van der Waals surface area contributed by atoms with Gasteiger partial charge < -0.3 is 9.84 Å². The highest BCUT2D eigenvalue weighted by atomic mass is 16.6. The summed E-state index contributed by atoms with van der Waals surface area (Å²) < 4.78 is 4.84. The summed E-state index contributed by atoms with van der Waals surface area (Å²) in [4.78, 5) is 13.0. The summed E-state index contributed by atoms with van der Waals surface area (Å²) in [6.07, 6.45) is 4.04. The van der Waals surface area contributed by atoms with Crippen LogP contribution >= 0.6 is 0 Å². The van der Waals surface area contributed by atoms with Crippen LogP contribution in [0.5, 0.6) is 0 Å². The van der Waals surface area contributed by atoms with Crippen molar-refractivity contribution in [2.45, 2.75) is 31.3 Å². The van der Waals surface area contributed by atoms with Gasteiger partial charge in [0.15, 0.2) is 0 Å². The van der Waals surface area contributed by atoms with Crippen molar-refractivity contribution >= 4 is 5.78 Å². The number of aliphatic hydroxyl groups is 1. The molecule has 1 fully saturated rings. The maximum atomic E-state index is 11.2. The third-order valence-corrected chi connectivity index (χ3v) is 2.66. The lowest BCUT2D eigenvalue weighted by atomic mass is 10.0.